The second kappa shape index (κ2) is 3.86. The van der Waals surface area contributed by atoms with E-state index < -0.39 is 0 Å². The number of amidine groups is 1. The molecule has 0 saturated carbocycles. The van der Waals surface area contributed by atoms with Gasteiger partial charge in [0.25, 0.3) is 0 Å². The fourth-order valence-corrected chi connectivity index (χ4v) is 1.36. The molecule has 0 aliphatic carbocycles. The van der Waals surface area contributed by atoms with Crippen LogP contribution in [0.5, 0.6) is 0 Å². The van der Waals surface area contributed by atoms with Crippen LogP contribution in [0.25, 0.3) is 0 Å². The summed E-state index contributed by atoms with van der Waals surface area (Å²) in [4.78, 5) is 8.56. The van der Waals surface area contributed by atoms with Gasteiger partial charge in [-0.05, 0) is 18.9 Å². The van der Waals surface area contributed by atoms with Crippen molar-refractivity contribution in [3.63, 3.8) is 0 Å². The lowest BCUT2D eigenvalue weighted by atomic mass is 9.83. The van der Waals surface area contributed by atoms with Gasteiger partial charge in [0, 0.05) is 17.8 Å². The maximum atomic E-state index is 4.28. The summed E-state index contributed by atoms with van der Waals surface area (Å²) in [5.74, 6) is 0.846. The minimum absolute atomic E-state index is 0.0667. The van der Waals surface area contributed by atoms with Gasteiger partial charge in [0.15, 0.2) is 0 Å². The van der Waals surface area contributed by atoms with E-state index in [-0.39, 0.29) is 5.41 Å². The van der Waals surface area contributed by atoms with Crippen molar-refractivity contribution in [3.05, 3.63) is 11.8 Å². The molecule has 2 heteroatoms. The molecule has 1 aliphatic rings. The third-order valence-electron chi connectivity index (χ3n) is 2.33. The molecule has 0 radical (unpaired) electrons. The highest BCUT2D eigenvalue weighted by Crippen LogP contribution is 2.29. The molecule has 0 unspecified atom stereocenters. The topological polar surface area (TPSA) is 24.7 Å². The molecule has 0 bridgehead atoms. The Kier molecular flexibility index (Phi) is 3.02. The Bertz CT molecular complexity index is 270. The summed E-state index contributed by atoms with van der Waals surface area (Å²) >= 11 is 0. The van der Waals surface area contributed by atoms with Crippen molar-refractivity contribution in [3.8, 4) is 0 Å². The zero-order chi connectivity index (χ0) is 9.90. The second-order valence-corrected chi connectivity index (χ2v) is 4.06. The minimum atomic E-state index is 0.0667. The van der Waals surface area contributed by atoms with E-state index in [9.17, 15) is 0 Å². The molecule has 2 nitrogen and oxygen atoms in total. The lowest BCUT2D eigenvalue weighted by Crippen LogP contribution is -2.16. The Morgan fingerprint density at radius 2 is 2.08 bits per heavy atom. The van der Waals surface area contributed by atoms with E-state index in [0.29, 0.717) is 0 Å². The van der Waals surface area contributed by atoms with Crippen LogP contribution in [0.2, 0.25) is 0 Å². The SMILES string of the molecule is CCCC1=CN=C(C)N=CC1(C)C. The standard InChI is InChI=1S/C11H18N2/c1-5-6-10-7-12-9(2)13-8-11(10,3)4/h7-8H,5-6H2,1-4H3. The first kappa shape index (κ1) is 10.2. The monoisotopic (exact) mass is 178 g/mol. The zero-order valence-corrected chi connectivity index (χ0v) is 8.96. The van der Waals surface area contributed by atoms with Gasteiger partial charge in [0.2, 0.25) is 0 Å². The molecule has 0 aromatic carbocycles. The Hall–Kier alpha value is -0.920. The Morgan fingerprint density at radius 1 is 1.38 bits per heavy atom. The molecule has 1 heterocycles. The van der Waals surface area contributed by atoms with E-state index in [1.807, 2.05) is 19.3 Å². The van der Waals surface area contributed by atoms with Crippen LogP contribution in [0, 0.1) is 5.41 Å². The van der Waals surface area contributed by atoms with Gasteiger partial charge >= 0.3 is 0 Å². The number of hydrogen-bond donors (Lipinski definition) is 0. The van der Waals surface area contributed by atoms with E-state index in [0.717, 1.165) is 18.7 Å². The van der Waals surface area contributed by atoms with Crippen LogP contribution in [-0.4, -0.2) is 12.1 Å². The number of rotatable bonds is 2. The Labute approximate surface area is 80.5 Å². The molecule has 0 aromatic heterocycles. The van der Waals surface area contributed by atoms with Crippen LogP contribution in [0.3, 0.4) is 0 Å². The maximum Gasteiger partial charge on any atom is 0.124 e. The zero-order valence-electron chi connectivity index (χ0n) is 8.96. The Morgan fingerprint density at radius 3 is 2.69 bits per heavy atom. The number of aliphatic imine (C=N–C) groups is 2. The molecule has 0 amide bonds. The quantitative estimate of drug-likeness (QED) is 0.620. The predicted octanol–water partition coefficient (Wildman–Crippen LogP) is 3.20. The molecule has 0 spiro atoms. The number of hydrogen-bond acceptors (Lipinski definition) is 2. The van der Waals surface area contributed by atoms with Gasteiger partial charge in [-0.15, -0.1) is 0 Å². The summed E-state index contributed by atoms with van der Waals surface area (Å²) in [6, 6.07) is 0. The third kappa shape index (κ3) is 2.51. The fraction of sp³-hybridized carbons (Fsp3) is 0.636. The summed E-state index contributed by atoms with van der Waals surface area (Å²) in [5, 5.41) is 0. The fourth-order valence-electron chi connectivity index (χ4n) is 1.36. The first-order valence-electron chi connectivity index (χ1n) is 4.85. The third-order valence-corrected chi connectivity index (χ3v) is 2.33. The van der Waals surface area contributed by atoms with Crippen molar-refractivity contribution >= 4 is 12.1 Å². The normalized spacial score (nSPS) is 20.6. The number of nitrogens with zero attached hydrogens (tertiary/aromatic N) is 2. The largest absolute Gasteiger partial charge is 0.245 e. The van der Waals surface area contributed by atoms with E-state index in [1.54, 1.807) is 0 Å². The molecule has 72 valence electrons. The second-order valence-electron chi connectivity index (χ2n) is 4.06. The molecule has 1 aliphatic heterocycles. The van der Waals surface area contributed by atoms with E-state index in [2.05, 4.69) is 30.8 Å². The lowest BCUT2D eigenvalue weighted by molar-refractivity contribution is 0.601. The molecule has 0 atom stereocenters. The van der Waals surface area contributed by atoms with Crippen molar-refractivity contribution in [1.82, 2.24) is 0 Å². The van der Waals surface area contributed by atoms with Gasteiger partial charge in [-0.3, -0.25) is 0 Å². The molecule has 13 heavy (non-hydrogen) atoms. The lowest BCUT2D eigenvalue weighted by Gasteiger charge is -2.21. The van der Waals surface area contributed by atoms with Crippen molar-refractivity contribution < 1.29 is 0 Å². The van der Waals surface area contributed by atoms with Gasteiger partial charge in [-0.2, -0.15) is 0 Å². The highest BCUT2D eigenvalue weighted by molar-refractivity contribution is 5.91. The highest BCUT2D eigenvalue weighted by Gasteiger charge is 2.21. The average molecular weight is 178 g/mol. The van der Waals surface area contributed by atoms with E-state index >= 15 is 0 Å². The van der Waals surface area contributed by atoms with Crippen LogP contribution < -0.4 is 0 Å². The van der Waals surface area contributed by atoms with Gasteiger partial charge in [-0.25, -0.2) is 9.98 Å². The molecule has 0 saturated heterocycles. The molecule has 0 fully saturated rings. The molecule has 1 rings (SSSR count). The van der Waals surface area contributed by atoms with Crippen LogP contribution in [0.1, 0.15) is 40.5 Å². The maximum absolute atomic E-state index is 4.28. The van der Waals surface area contributed by atoms with Gasteiger partial charge in [-0.1, -0.05) is 27.2 Å². The van der Waals surface area contributed by atoms with Crippen LogP contribution in [-0.2, 0) is 0 Å². The van der Waals surface area contributed by atoms with Gasteiger partial charge in [0.1, 0.15) is 5.84 Å². The first-order valence-corrected chi connectivity index (χ1v) is 4.85. The Balaban J connectivity index is 2.95. The molecule has 0 aromatic rings. The summed E-state index contributed by atoms with van der Waals surface area (Å²) in [6.45, 7) is 8.49. The highest BCUT2D eigenvalue weighted by atomic mass is 14.9. The summed E-state index contributed by atoms with van der Waals surface area (Å²) in [6.07, 6.45) is 6.25. The first-order chi connectivity index (χ1) is 6.06. The van der Waals surface area contributed by atoms with E-state index in [4.69, 9.17) is 0 Å². The summed E-state index contributed by atoms with van der Waals surface area (Å²) in [5.41, 5.74) is 1.44. The van der Waals surface area contributed by atoms with Crippen molar-refractivity contribution in [2.45, 2.75) is 40.5 Å². The number of allylic oxidation sites excluding steroid dienone is 1. The smallest absolute Gasteiger partial charge is 0.124 e. The molecular formula is C11H18N2. The minimum Gasteiger partial charge on any atom is -0.245 e. The van der Waals surface area contributed by atoms with Crippen LogP contribution in [0.15, 0.2) is 21.8 Å². The van der Waals surface area contributed by atoms with Crippen LogP contribution in [0.4, 0.5) is 0 Å². The van der Waals surface area contributed by atoms with E-state index in [1.165, 1.54) is 5.57 Å². The molecular weight excluding hydrogens is 160 g/mol. The van der Waals surface area contributed by atoms with Gasteiger partial charge in [0.05, 0.1) is 0 Å². The van der Waals surface area contributed by atoms with Crippen molar-refractivity contribution in [1.29, 1.82) is 0 Å². The van der Waals surface area contributed by atoms with Crippen molar-refractivity contribution in [2.75, 3.05) is 0 Å². The summed E-state index contributed by atoms with van der Waals surface area (Å²) in [7, 11) is 0. The summed E-state index contributed by atoms with van der Waals surface area (Å²) < 4.78 is 0. The van der Waals surface area contributed by atoms with Crippen molar-refractivity contribution in [2.24, 2.45) is 15.4 Å². The predicted molar refractivity (Wildman–Crippen MR) is 58.4 cm³/mol. The van der Waals surface area contributed by atoms with Crippen LogP contribution >= 0.6 is 0 Å². The molecule has 0 N–H and O–H groups in total. The van der Waals surface area contributed by atoms with Gasteiger partial charge < -0.3 is 0 Å². The average Bonchev–Trinajstić information content (AvgIpc) is 2.18.